The van der Waals surface area contributed by atoms with Crippen molar-refractivity contribution in [3.8, 4) is 5.75 Å². The Morgan fingerprint density at radius 3 is 2.90 bits per heavy atom. The molecule has 0 saturated heterocycles. The van der Waals surface area contributed by atoms with Gasteiger partial charge in [-0.25, -0.2) is 13.1 Å². The van der Waals surface area contributed by atoms with Gasteiger partial charge in [0.25, 0.3) is 5.91 Å². The van der Waals surface area contributed by atoms with Gasteiger partial charge < -0.3 is 15.8 Å². The van der Waals surface area contributed by atoms with E-state index in [-0.39, 0.29) is 30.0 Å². The van der Waals surface area contributed by atoms with E-state index < -0.39 is 10.0 Å². The standard InChI is InChI=1S/C12H17N3O4S/c1-2-8(6-13)15-20(17,18)9-3-4-11-10(5-9)14-12(16)7-19-11/h3-5,8,15H,2,6-7,13H2,1H3,(H,14,16). The first-order valence-corrected chi connectivity index (χ1v) is 7.73. The zero-order chi connectivity index (χ0) is 14.8. The third kappa shape index (κ3) is 3.09. The fourth-order valence-corrected chi connectivity index (χ4v) is 3.17. The molecule has 2 rings (SSSR count). The zero-order valence-corrected chi connectivity index (χ0v) is 11.9. The monoisotopic (exact) mass is 299 g/mol. The third-order valence-electron chi connectivity index (χ3n) is 2.99. The van der Waals surface area contributed by atoms with Crippen LogP contribution < -0.4 is 20.5 Å². The minimum atomic E-state index is -3.67. The molecule has 1 aromatic carbocycles. The number of nitrogens with two attached hydrogens (primary N) is 1. The highest BCUT2D eigenvalue weighted by molar-refractivity contribution is 7.89. The summed E-state index contributed by atoms with van der Waals surface area (Å²) in [5.41, 5.74) is 5.85. The Kier molecular flexibility index (Phi) is 4.26. The second kappa shape index (κ2) is 5.78. The maximum absolute atomic E-state index is 12.2. The van der Waals surface area contributed by atoms with E-state index in [4.69, 9.17) is 10.5 Å². The van der Waals surface area contributed by atoms with Gasteiger partial charge in [-0.3, -0.25) is 4.79 Å². The molecule has 1 aliphatic rings. The van der Waals surface area contributed by atoms with Crippen LogP contribution in [0.15, 0.2) is 23.1 Å². The Morgan fingerprint density at radius 1 is 1.50 bits per heavy atom. The van der Waals surface area contributed by atoms with Crippen molar-refractivity contribution >= 4 is 21.6 Å². The molecule has 0 radical (unpaired) electrons. The number of rotatable bonds is 5. The number of fused-ring (bicyclic) bond motifs is 1. The second-order valence-corrected chi connectivity index (χ2v) is 6.17. The van der Waals surface area contributed by atoms with E-state index >= 15 is 0 Å². The quantitative estimate of drug-likeness (QED) is 0.710. The number of hydrogen-bond acceptors (Lipinski definition) is 5. The summed E-state index contributed by atoms with van der Waals surface area (Å²) in [7, 11) is -3.67. The molecule has 1 unspecified atom stereocenters. The molecule has 1 atom stereocenters. The summed E-state index contributed by atoms with van der Waals surface area (Å²) in [5.74, 6) is 0.141. The Hall–Kier alpha value is -1.64. The van der Waals surface area contributed by atoms with E-state index in [9.17, 15) is 13.2 Å². The normalized spacial score (nSPS) is 16.0. The number of nitrogens with one attached hydrogen (secondary N) is 2. The number of carbonyl (C=O) groups is 1. The Bertz CT molecular complexity index is 611. The van der Waals surface area contributed by atoms with Crippen molar-refractivity contribution in [3.05, 3.63) is 18.2 Å². The minimum Gasteiger partial charge on any atom is -0.482 e. The Morgan fingerprint density at radius 2 is 2.25 bits per heavy atom. The number of carbonyl (C=O) groups excluding carboxylic acids is 1. The molecule has 7 nitrogen and oxygen atoms in total. The Balaban J connectivity index is 2.29. The third-order valence-corrected chi connectivity index (χ3v) is 4.51. The largest absolute Gasteiger partial charge is 0.482 e. The smallest absolute Gasteiger partial charge is 0.262 e. The van der Waals surface area contributed by atoms with Crippen molar-refractivity contribution in [3.63, 3.8) is 0 Å². The highest BCUT2D eigenvalue weighted by Gasteiger charge is 2.22. The lowest BCUT2D eigenvalue weighted by molar-refractivity contribution is -0.118. The number of benzene rings is 1. The van der Waals surface area contributed by atoms with Gasteiger partial charge in [0.15, 0.2) is 6.61 Å². The SMILES string of the molecule is CCC(CN)NS(=O)(=O)c1ccc2c(c1)NC(=O)CO2. The van der Waals surface area contributed by atoms with Gasteiger partial charge in [0, 0.05) is 12.6 Å². The molecule has 110 valence electrons. The van der Waals surface area contributed by atoms with Crippen molar-refractivity contribution < 1.29 is 17.9 Å². The molecule has 0 bridgehead atoms. The van der Waals surface area contributed by atoms with E-state index in [0.29, 0.717) is 17.9 Å². The summed E-state index contributed by atoms with van der Waals surface area (Å²) in [4.78, 5) is 11.3. The van der Waals surface area contributed by atoms with E-state index in [1.807, 2.05) is 6.92 Å². The molecule has 0 fully saturated rings. The van der Waals surface area contributed by atoms with Gasteiger partial charge in [-0.15, -0.1) is 0 Å². The maximum atomic E-state index is 12.2. The van der Waals surface area contributed by atoms with Crippen LogP contribution in [0, 0.1) is 0 Å². The zero-order valence-electron chi connectivity index (χ0n) is 11.0. The van der Waals surface area contributed by atoms with Gasteiger partial charge in [-0.05, 0) is 24.6 Å². The van der Waals surface area contributed by atoms with Crippen LogP contribution in [-0.2, 0) is 14.8 Å². The number of anilines is 1. The molecule has 0 saturated carbocycles. The van der Waals surface area contributed by atoms with Gasteiger partial charge in [-0.1, -0.05) is 6.92 Å². The first-order chi connectivity index (χ1) is 9.46. The van der Waals surface area contributed by atoms with Crippen molar-refractivity contribution in [2.75, 3.05) is 18.5 Å². The summed E-state index contributed by atoms with van der Waals surface area (Å²) in [6.07, 6.45) is 0.598. The van der Waals surface area contributed by atoms with Crippen LogP contribution in [0.1, 0.15) is 13.3 Å². The summed E-state index contributed by atoms with van der Waals surface area (Å²) < 4.78 is 32.1. The van der Waals surface area contributed by atoms with Gasteiger partial charge in [0.05, 0.1) is 10.6 Å². The fourth-order valence-electron chi connectivity index (χ4n) is 1.81. The highest BCUT2D eigenvalue weighted by atomic mass is 32.2. The molecule has 1 aliphatic heterocycles. The first kappa shape index (κ1) is 14.8. The van der Waals surface area contributed by atoms with E-state index in [0.717, 1.165) is 0 Å². The number of hydrogen-bond donors (Lipinski definition) is 3. The lowest BCUT2D eigenvalue weighted by Gasteiger charge is -2.19. The van der Waals surface area contributed by atoms with Gasteiger partial charge in [0.1, 0.15) is 5.75 Å². The predicted molar refractivity (Wildman–Crippen MR) is 74.0 cm³/mol. The van der Waals surface area contributed by atoms with Crippen LogP contribution in [0.3, 0.4) is 0 Å². The molecule has 1 aromatic rings. The van der Waals surface area contributed by atoms with Gasteiger partial charge >= 0.3 is 0 Å². The topological polar surface area (TPSA) is 111 Å². The summed E-state index contributed by atoms with van der Waals surface area (Å²) in [6.45, 7) is 2.00. The maximum Gasteiger partial charge on any atom is 0.262 e. The van der Waals surface area contributed by atoms with E-state index in [2.05, 4.69) is 10.0 Å². The van der Waals surface area contributed by atoms with Crippen molar-refractivity contribution in [2.24, 2.45) is 5.73 Å². The number of amides is 1. The van der Waals surface area contributed by atoms with E-state index in [1.54, 1.807) is 0 Å². The molecule has 20 heavy (non-hydrogen) atoms. The molecule has 8 heteroatoms. The van der Waals surface area contributed by atoms with Crippen molar-refractivity contribution in [1.82, 2.24) is 4.72 Å². The number of sulfonamides is 1. The lowest BCUT2D eigenvalue weighted by Crippen LogP contribution is -2.39. The minimum absolute atomic E-state index is 0.0638. The first-order valence-electron chi connectivity index (χ1n) is 6.25. The highest BCUT2D eigenvalue weighted by Crippen LogP contribution is 2.30. The molecule has 4 N–H and O–H groups in total. The van der Waals surface area contributed by atoms with Gasteiger partial charge in [-0.2, -0.15) is 0 Å². The Labute approximate surface area is 117 Å². The van der Waals surface area contributed by atoms with Crippen LogP contribution in [0.4, 0.5) is 5.69 Å². The molecular formula is C12H17N3O4S. The molecule has 0 spiro atoms. The van der Waals surface area contributed by atoms with E-state index in [1.165, 1.54) is 18.2 Å². The van der Waals surface area contributed by atoms with Crippen LogP contribution in [0.5, 0.6) is 5.75 Å². The summed E-state index contributed by atoms with van der Waals surface area (Å²) in [5, 5.41) is 2.57. The molecule has 0 aliphatic carbocycles. The molecule has 1 amide bonds. The summed E-state index contributed by atoms with van der Waals surface area (Å²) >= 11 is 0. The average Bonchev–Trinajstić information content (AvgIpc) is 2.43. The lowest BCUT2D eigenvalue weighted by atomic mass is 10.2. The average molecular weight is 299 g/mol. The van der Waals surface area contributed by atoms with Crippen molar-refractivity contribution in [1.29, 1.82) is 0 Å². The summed E-state index contributed by atoms with van der Waals surface area (Å²) in [6, 6.07) is 4.01. The molecular weight excluding hydrogens is 282 g/mol. The van der Waals surface area contributed by atoms with Crippen LogP contribution in [-0.4, -0.2) is 33.5 Å². The van der Waals surface area contributed by atoms with Crippen LogP contribution in [0.2, 0.25) is 0 Å². The van der Waals surface area contributed by atoms with Crippen LogP contribution >= 0.6 is 0 Å². The fraction of sp³-hybridized carbons (Fsp3) is 0.417. The van der Waals surface area contributed by atoms with Crippen LogP contribution in [0.25, 0.3) is 0 Å². The molecule has 0 aromatic heterocycles. The number of ether oxygens (including phenoxy) is 1. The second-order valence-electron chi connectivity index (χ2n) is 4.46. The van der Waals surface area contributed by atoms with Crippen molar-refractivity contribution in [2.45, 2.75) is 24.3 Å². The molecule has 1 heterocycles. The van der Waals surface area contributed by atoms with Gasteiger partial charge in [0.2, 0.25) is 10.0 Å². The predicted octanol–water partition coefficient (Wildman–Crippen LogP) is 0.0331.